The van der Waals surface area contributed by atoms with Gasteiger partial charge in [0.1, 0.15) is 12.1 Å². The predicted molar refractivity (Wildman–Crippen MR) is 56.1 cm³/mol. The monoisotopic (exact) mass is 254 g/mol. The molecule has 102 valence electrons. The van der Waals surface area contributed by atoms with Crippen molar-refractivity contribution in [1.82, 2.24) is 10.6 Å². The maximum Gasteiger partial charge on any atom is 0.323 e. The number of aliphatic carboxylic acids is 2. The van der Waals surface area contributed by atoms with Crippen molar-refractivity contribution in [2.75, 3.05) is 20.1 Å². The highest BCUT2D eigenvalue weighted by Gasteiger charge is 2.13. The molecule has 0 aliphatic carbocycles. The largest absolute Gasteiger partial charge is 0.480 e. The Hall–Kier alpha value is -1.26. The van der Waals surface area contributed by atoms with Gasteiger partial charge < -0.3 is 25.5 Å². The second kappa shape index (κ2) is 11.2. The summed E-state index contributed by atoms with van der Waals surface area (Å²) in [5, 5.41) is 45.3. The van der Waals surface area contributed by atoms with Gasteiger partial charge in [-0.25, -0.2) is 0 Å². The quantitative estimate of drug-likeness (QED) is 0.234. The van der Waals surface area contributed by atoms with Gasteiger partial charge in [0, 0.05) is 0 Å². The summed E-state index contributed by atoms with van der Waals surface area (Å²) in [4.78, 5) is 19.9. The fourth-order valence-corrected chi connectivity index (χ4v) is 0.564. The molecule has 0 bridgehead atoms. The number of carbonyl (C=O) groups is 2. The van der Waals surface area contributed by atoms with Crippen LogP contribution in [0.2, 0.25) is 0 Å². The first kappa shape index (κ1) is 18.1. The molecule has 0 aromatic rings. The minimum absolute atomic E-state index is 0.298. The SMILES string of the molecule is C[C@H](NCO)C(=O)O.O=C(O)[C@H](CO)NCO. The Morgan fingerprint density at radius 1 is 1.00 bits per heavy atom. The third-order valence-corrected chi connectivity index (χ3v) is 1.59. The minimum Gasteiger partial charge on any atom is -0.480 e. The lowest BCUT2D eigenvalue weighted by Crippen LogP contribution is -2.40. The molecule has 7 N–H and O–H groups in total. The van der Waals surface area contributed by atoms with Crippen molar-refractivity contribution in [2.24, 2.45) is 0 Å². The summed E-state index contributed by atoms with van der Waals surface area (Å²) in [6.07, 6.45) is 0. The molecule has 0 aliphatic rings. The van der Waals surface area contributed by atoms with Crippen molar-refractivity contribution >= 4 is 11.9 Å². The van der Waals surface area contributed by atoms with Gasteiger partial charge in [-0.1, -0.05) is 0 Å². The first-order valence-electron chi connectivity index (χ1n) is 4.65. The second-order valence-corrected chi connectivity index (χ2v) is 2.86. The number of hydrogen-bond acceptors (Lipinski definition) is 7. The van der Waals surface area contributed by atoms with Crippen molar-refractivity contribution in [1.29, 1.82) is 0 Å². The third-order valence-electron chi connectivity index (χ3n) is 1.59. The molecule has 0 spiro atoms. The molecule has 0 radical (unpaired) electrons. The summed E-state index contributed by atoms with van der Waals surface area (Å²) < 4.78 is 0. The molecule has 0 amide bonds. The van der Waals surface area contributed by atoms with E-state index in [1.165, 1.54) is 6.92 Å². The number of nitrogens with one attached hydrogen (secondary N) is 2. The van der Waals surface area contributed by atoms with Gasteiger partial charge in [-0.3, -0.25) is 20.2 Å². The molecular weight excluding hydrogens is 236 g/mol. The molecule has 0 fully saturated rings. The van der Waals surface area contributed by atoms with Gasteiger partial charge in [0.15, 0.2) is 0 Å². The van der Waals surface area contributed by atoms with Gasteiger partial charge in [0.05, 0.1) is 20.1 Å². The molecule has 0 aromatic heterocycles. The fraction of sp³-hybridized carbons (Fsp3) is 0.750. The Labute approximate surface area is 97.7 Å². The van der Waals surface area contributed by atoms with E-state index in [9.17, 15) is 9.59 Å². The number of hydrogen-bond donors (Lipinski definition) is 7. The number of carboxylic acids is 2. The zero-order chi connectivity index (χ0) is 13.8. The van der Waals surface area contributed by atoms with Crippen LogP contribution in [0.3, 0.4) is 0 Å². The van der Waals surface area contributed by atoms with E-state index in [-0.39, 0.29) is 6.73 Å². The van der Waals surface area contributed by atoms with Gasteiger partial charge in [-0.15, -0.1) is 0 Å². The number of carboxylic acid groups (broad SMARTS) is 2. The smallest absolute Gasteiger partial charge is 0.323 e. The van der Waals surface area contributed by atoms with E-state index >= 15 is 0 Å². The summed E-state index contributed by atoms with van der Waals surface area (Å²) in [6, 6.07) is -1.73. The molecule has 0 aromatic carbocycles. The van der Waals surface area contributed by atoms with Crippen LogP contribution in [0.15, 0.2) is 0 Å². The average Bonchev–Trinajstić information content (AvgIpc) is 2.26. The summed E-state index contributed by atoms with van der Waals surface area (Å²) >= 11 is 0. The zero-order valence-corrected chi connectivity index (χ0v) is 9.33. The summed E-state index contributed by atoms with van der Waals surface area (Å²) in [6.45, 7) is 0.194. The Morgan fingerprint density at radius 3 is 1.59 bits per heavy atom. The molecule has 0 unspecified atom stereocenters. The molecule has 0 rings (SSSR count). The van der Waals surface area contributed by atoms with Gasteiger partial charge in [-0.2, -0.15) is 0 Å². The predicted octanol–water partition coefficient (Wildman–Crippen LogP) is -3.03. The Balaban J connectivity index is 0. The van der Waals surface area contributed by atoms with Crippen molar-refractivity contribution in [3.8, 4) is 0 Å². The van der Waals surface area contributed by atoms with Crippen molar-refractivity contribution in [2.45, 2.75) is 19.0 Å². The van der Waals surface area contributed by atoms with Crippen molar-refractivity contribution < 1.29 is 35.1 Å². The summed E-state index contributed by atoms with van der Waals surface area (Å²) in [5.74, 6) is -2.13. The number of aliphatic hydroxyl groups excluding tert-OH is 3. The van der Waals surface area contributed by atoms with Crippen molar-refractivity contribution in [3.05, 3.63) is 0 Å². The lowest BCUT2D eigenvalue weighted by Gasteiger charge is -2.06. The first-order chi connectivity index (χ1) is 7.90. The molecule has 9 heteroatoms. The highest BCUT2D eigenvalue weighted by Crippen LogP contribution is 1.78. The lowest BCUT2D eigenvalue weighted by atomic mass is 10.3. The van der Waals surface area contributed by atoms with Gasteiger partial charge in [-0.05, 0) is 6.92 Å². The van der Waals surface area contributed by atoms with Crippen molar-refractivity contribution in [3.63, 3.8) is 0 Å². The third kappa shape index (κ3) is 11.0. The van der Waals surface area contributed by atoms with Crippen LogP contribution >= 0.6 is 0 Å². The van der Waals surface area contributed by atoms with E-state index in [0.29, 0.717) is 0 Å². The number of rotatable bonds is 7. The van der Waals surface area contributed by atoms with Crippen LogP contribution in [0.1, 0.15) is 6.92 Å². The van der Waals surface area contributed by atoms with E-state index in [1.54, 1.807) is 0 Å². The second-order valence-electron chi connectivity index (χ2n) is 2.86. The summed E-state index contributed by atoms with van der Waals surface area (Å²) in [7, 11) is 0. The average molecular weight is 254 g/mol. The lowest BCUT2D eigenvalue weighted by molar-refractivity contribution is -0.141. The molecule has 9 nitrogen and oxygen atoms in total. The van der Waals surface area contributed by atoms with Gasteiger partial charge in [0.25, 0.3) is 0 Å². The molecule has 0 aliphatic heterocycles. The molecule has 0 saturated heterocycles. The minimum atomic E-state index is -1.17. The normalized spacial score (nSPS) is 13.2. The molecular formula is C8H18N2O7. The zero-order valence-electron chi connectivity index (χ0n) is 9.33. The van der Waals surface area contributed by atoms with Gasteiger partial charge >= 0.3 is 11.9 Å². The first-order valence-corrected chi connectivity index (χ1v) is 4.65. The van der Waals surface area contributed by atoms with Crippen LogP contribution in [0.25, 0.3) is 0 Å². The van der Waals surface area contributed by atoms with Crippen LogP contribution in [-0.4, -0.2) is 69.6 Å². The van der Waals surface area contributed by atoms with E-state index in [1.807, 2.05) is 0 Å². The topological polar surface area (TPSA) is 159 Å². The maximum atomic E-state index is 9.99. The number of aliphatic hydroxyl groups is 3. The standard InChI is InChI=1S/C4H9NO4.C4H9NO3/c6-1-3(4(8)9)5-2-7;1-3(4(7)8)5-2-6/h3,5-7H,1-2H2,(H,8,9);3,5-6H,2H2,1H3,(H,7,8)/t2*3-/m00/s1. The Kier molecular flexibility index (Phi) is 12.0. The Morgan fingerprint density at radius 2 is 1.47 bits per heavy atom. The highest BCUT2D eigenvalue weighted by atomic mass is 16.4. The molecule has 2 atom stereocenters. The fourth-order valence-electron chi connectivity index (χ4n) is 0.564. The molecule has 0 heterocycles. The van der Waals surface area contributed by atoms with Crippen LogP contribution in [-0.2, 0) is 9.59 Å². The highest BCUT2D eigenvalue weighted by molar-refractivity contribution is 5.73. The van der Waals surface area contributed by atoms with E-state index < -0.39 is 37.4 Å². The maximum absolute atomic E-state index is 9.99. The van der Waals surface area contributed by atoms with E-state index in [2.05, 4.69) is 10.6 Å². The van der Waals surface area contributed by atoms with Crippen LogP contribution < -0.4 is 10.6 Å². The van der Waals surface area contributed by atoms with Crippen LogP contribution in [0.4, 0.5) is 0 Å². The van der Waals surface area contributed by atoms with E-state index in [4.69, 9.17) is 25.5 Å². The Bertz CT molecular complexity index is 224. The molecule has 17 heavy (non-hydrogen) atoms. The summed E-state index contributed by atoms with van der Waals surface area (Å²) in [5.41, 5.74) is 0. The molecule has 0 saturated carbocycles. The van der Waals surface area contributed by atoms with Gasteiger partial charge in [0.2, 0.25) is 0 Å². The van der Waals surface area contributed by atoms with Crippen LogP contribution in [0.5, 0.6) is 0 Å². The van der Waals surface area contributed by atoms with E-state index in [0.717, 1.165) is 0 Å². The van der Waals surface area contributed by atoms with Crippen LogP contribution in [0, 0.1) is 0 Å².